The maximum absolute atomic E-state index is 3.43. The molecule has 0 spiro atoms. The minimum atomic E-state index is 1.11. The van der Waals surface area contributed by atoms with Crippen LogP contribution in [-0.4, -0.2) is 11.5 Å². The van der Waals surface area contributed by atoms with Gasteiger partial charge in [0, 0.05) is 30.2 Å². The minimum Gasteiger partial charge on any atom is -0.390 e. The molecule has 2 N–H and O–H groups in total. The quantitative estimate of drug-likeness (QED) is 0.695. The van der Waals surface area contributed by atoms with E-state index in [0.717, 1.165) is 6.54 Å². The van der Waals surface area contributed by atoms with E-state index in [1.807, 2.05) is 0 Å². The van der Waals surface area contributed by atoms with Crippen molar-refractivity contribution in [3.8, 4) is 0 Å². The molecule has 1 aliphatic heterocycles. The largest absolute Gasteiger partial charge is 0.390 e. The van der Waals surface area contributed by atoms with E-state index in [1.165, 1.54) is 48.9 Å². The number of aromatic nitrogens is 1. The lowest BCUT2D eigenvalue weighted by atomic mass is 9.92. The molecule has 1 aromatic heterocycles. The van der Waals surface area contributed by atoms with E-state index in [2.05, 4.69) is 22.7 Å². The fourth-order valence-electron chi connectivity index (χ4n) is 2.58. The summed E-state index contributed by atoms with van der Waals surface area (Å²) in [5.74, 6) is 0. The fraction of sp³-hybridized carbons (Fsp3) is 0.500. The van der Waals surface area contributed by atoms with Gasteiger partial charge >= 0.3 is 0 Å². The van der Waals surface area contributed by atoms with Crippen molar-refractivity contribution in [2.24, 2.45) is 0 Å². The summed E-state index contributed by atoms with van der Waals surface area (Å²) in [6, 6.07) is 0. The molecule has 0 saturated heterocycles. The molecule has 0 aromatic carbocycles. The highest BCUT2D eigenvalue weighted by Crippen LogP contribution is 2.30. The van der Waals surface area contributed by atoms with Crippen LogP contribution in [0.4, 0.5) is 0 Å². The van der Waals surface area contributed by atoms with Crippen molar-refractivity contribution in [1.82, 2.24) is 10.3 Å². The zero-order chi connectivity index (χ0) is 9.38. The minimum absolute atomic E-state index is 1.11. The van der Waals surface area contributed by atoms with Gasteiger partial charge in [0.05, 0.1) is 0 Å². The van der Waals surface area contributed by atoms with E-state index in [-0.39, 0.29) is 0 Å². The Morgan fingerprint density at radius 1 is 1.07 bits per heavy atom. The summed E-state index contributed by atoms with van der Waals surface area (Å²) in [5.41, 5.74) is 6.04. The van der Waals surface area contributed by atoms with Crippen LogP contribution in [0, 0.1) is 0 Å². The molecule has 0 saturated carbocycles. The molecule has 14 heavy (non-hydrogen) atoms. The average Bonchev–Trinajstić information content (AvgIpc) is 2.85. The SMILES string of the molecule is C1=C(c2c[nH]c3c2CCCC3)CCN1. The second-order valence-electron chi connectivity index (χ2n) is 4.24. The lowest BCUT2D eigenvalue weighted by molar-refractivity contribution is 0.676. The van der Waals surface area contributed by atoms with Gasteiger partial charge in [-0.25, -0.2) is 0 Å². The third kappa shape index (κ3) is 1.17. The Morgan fingerprint density at radius 3 is 2.86 bits per heavy atom. The van der Waals surface area contributed by atoms with Gasteiger partial charge in [-0.05, 0) is 43.2 Å². The van der Waals surface area contributed by atoms with Crippen molar-refractivity contribution < 1.29 is 0 Å². The number of nitrogens with one attached hydrogen (secondary N) is 2. The third-order valence-electron chi connectivity index (χ3n) is 3.34. The molecule has 0 fully saturated rings. The topological polar surface area (TPSA) is 27.8 Å². The number of fused-ring (bicyclic) bond motifs is 1. The first kappa shape index (κ1) is 8.16. The Hall–Kier alpha value is -1.18. The standard InChI is InChI=1S/C12H16N2/c1-2-4-12-10(3-1)11(8-14-12)9-5-6-13-7-9/h7-8,13-14H,1-6H2. The van der Waals surface area contributed by atoms with Crippen molar-refractivity contribution >= 4 is 5.57 Å². The maximum Gasteiger partial charge on any atom is 0.0185 e. The van der Waals surface area contributed by atoms with Crippen LogP contribution < -0.4 is 5.32 Å². The molecule has 0 radical (unpaired) electrons. The Morgan fingerprint density at radius 2 is 2.00 bits per heavy atom. The highest BCUT2D eigenvalue weighted by atomic mass is 14.9. The Kier molecular flexibility index (Phi) is 1.86. The zero-order valence-electron chi connectivity index (χ0n) is 8.40. The molecule has 3 rings (SSSR count). The van der Waals surface area contributed by atoms with Crippen molar-refractivity contribution in [2.75, 3.05) is 6.54 Å². The molecule has 74 valence electrons. The van der Waals surface area contributed by atoms with Crippen molar-refractivity contribution in [2.45, 2.75) is 32.1 Å². The van der Waals surface area contributed by atoms with E-state index >= 15 is 0 Å². The lowest BCUT2D eigenvalue weighted by Gasteiger charge is -2.12. The van der Waals surface area contributed by atoms with Crippen LogP contribution in [-0.2, 0) is 12.8 Å². The molecular formula is C12H16N2. The average molecular weight is 188 g/mol. The number of hydrogen-bond donors (Lipinski definition) is 2. The summed E-state index contributed by atoms with van der Waals surface area (Å²) >= 11 is 0. The van der Waals surface area contributed by atoms with Crippen LogP contribution in [0.25, 0.3) is 5.57 Å². The van der Waals surface area contributed by atoms with E-state index in [0.29, 0.717) is 0 Å². The molecular weight excluding hydrogens is 172 g/mol. The smallest absolute Gasteiger partial charge is 0.0185 e. The summed E-state index contributed by atoms with van der Waals surface area (Å²) in [6.45, 7) is 1.11. The van der Waals surface area contributed by atoms with E-state index < -0.39 is 0 Å². The lowest BCUT2D eigenvalue weighted by Crippen LogP contribution is -2.02. The van der Waals surface area contributed by atoms with E-state index in [9.17, 15) is 0 Å². The van der Waals surface area contributed by atoms with Gasteiger partial charge in [-0.2, -0.15) is 0 Å². The fourth-order valence-corrected chi connectivity index (χ4v) is 2.58. The van der Waals surface area contributed by atoms with Crippen molar-refractivity contribution in [3.05, 3.63) is 29.2 Å². The molecule has 2 heterocycles. The Balaban J connectivity index is 2.01. The first-order valence-electron chi connectivity index (χ1n) is 5.57. The first-order chi connectivity index (χ1) is 6.95. The van der Waals surface area contributed by atoms with Gasteiger partial charge < -0.3 is 10.3 Å². The molecule has 0 atom stereocenters. The molecule has 0 amide bonds. The second-order valence-corrected chi connectivity index (χ2v) is 4.24. The van der Waals surface area contributed by atoms with Gasteiger partial charge in [0.1, 0.15) is 0 Å². The number of H-pyrrole nitrogens is 1. The molecule has 1 aromatic rings. The van der Waals surface area contributed by atoms with Gasteiger partial charge in [-0.15, -0.1) is 0 Å². The molecule has 1 aliphatic carbocycles. The van der Waals surface area contributed by atoms with Crippen LogP contribution in [0.3, 0.4) is 0 Å². The predicted octanol–water partition coefficient (Wildman–Crippen LogP) is 2.23. The second kappa shape index (κ2) is 3.19. The highest BCUT2D eigenvalue weighted by Gasteiger charge is 2.18. The number of hydrogen-bond acceptors (Lipinski definition) is 1. The zero-order valence-corrected chi connectivity index (χ0v) is 8.40. The molecule has 2 aliphatic rings. The molecule has 2 heteroatoms. The number of rotatable bonds is 1. The van der Waals surface area contributed by atoms with Gasteiger partial charge in [-0.1, -0.05) is 0 Å². The van der Waals surface area contributed by atoms with Crippen LogP contribution >= 0.6 is 0 Å². The van der Waals surface area contributed by atoms with E-state index in [1.54, 1.807) is 5.56 Å². The number of aryl methyl sites for hydroxylation is 1. The number of aromatic amines is 1. The summed E-state index contributed by atoms with van der Waals surface area (Å²) in [6.07, 6.45) is 10.8. The Labute approximate surface area is 84.4 Å². The summed E-state index contributed by atoms with van der Waals surface area (Å²) in [5, 5.41) is 3.29. The van der Waals surface area contributed by atoms with Crippen LogP contribution in [0.15, 0.2) is 12.4 Å². The van der Waals surface area contributed by atoms with Crippen molar-refractivity contribution in [3.63, 3.8) is 0 Å². The highest BCUT2D eigenvalue weighted by molar-refractivity contribution is 5.70. The molecule has 0 unspecified atom stereocenters. The monoisotopic (exact) mass is 188 g/mol. The predicted molar refractivity (Wildman–Crippen MR) is 58.0 cm³/mol. The van der Waals surface area contributed by atoms with Crippen LogP contribution in [0.2, 0.25) is 0 Å². The van der Waals surface area contributed by atoms with Gasteiger partial charge in [-0.3, -0.25) is 0 Å². The molecule has 2 nitrogen and oxygen atoms in total. The van der Waals surface area contributed by atoms with E-state index in [4.69, 9.17) is 0 Å². The third-order valence-corrected chi connectivity index (χ3v) is 3.34. The summed E-state index contributed by atoms with van der Waals surface area (Å²) in [7, 11) is 0. The maximum atomic E-state index is 3.43. The van der Waals surface area contributed by atoms with Gasteiger partial charge in [0.25, 0.3) is 0 Å². The molecule has 0 bridgehead atoms. The van der Waals surface area contributed by atoms with Crippen LogP contribution in [0.1, 0.15) is 36.1 Å². The van der Waals surface area contributed by atoms with Gasteiger partial charge in [0.15, 0.2) is 0 Å². The van der Waals surface area contributed by atoms with Gasteiger partial charge in [0.2, 0.25) is 0 Å². The normalized spacial score (nSPS) is 20.1. The summed E-state index contributed by atoms with van der Waals surface area (Å²) in [4.78, 5) is 3.43. The first-order valence-corrected chi connectivity index (χ1v) is 5.57. The Bertz CT molecular complexity index is 374. The van der Waals surface area contributed by atoms with Crippen LogP contribution in [0.5, 0.6) is 0 Å². The van der Waals surface area contributed by atoms with Crippen molar-refractivity contribution in [1.29, 1.82) is 0 Å². The summed E-state index contributed by atoms with van der Waals surface area (Å²) < 4.78 is 0.